The van der Waals surface area contributed by atoms with Gasteiger partial charge in [-0.3, -0.25) is 9.69 Å². The van der Waals surface area contributed by atoms with Crippen LogP contribution in [-0.4, -0.2) is 71.6 Å². The Morgan fingerprint density at radius 1 is 1.36 bits per heavy atom. The van der Waals surface area contributed by atoms with Gasteiger partial charge < -0.3 is 19.3 Å². The summed E-state index contributed by atoms with van der Waals surface area (Å²) in [6, 6.07) is 1.38. The molecule has 0 saturated carbocycles. The zero-order valence-electron chi connectivity index (χ0n) is 12.4. The lowest BCUT2D eigenvalue weighted by molar-refractivity contribution is 0.0159. The van der Waals surface area contributed by atoms with Gasteiger partial charge in [0.05, 0.1) is 13.2 Å². The highest BCUT2D eigenvalue weighted by Gasteiger charge is 2.35. The van der Waals surface area contributed by atoms with Crippen LogP contribution in [0.5, 0.6) is 0 Å². The van der Waals surface area contributed by atoms with Gasteiger partial charge in [0.1, 0.15) is 5.76 Å². The normalized spacial score (nSPS) is 27.0. The van der Waals surface area contributed by atoms with E-state index < -0.39 is 6.09 Å². The van der Waals surface area contributed by atoms with Crippen molar-refractivity contribution in [2.24, 2.45) is 0 Å². The van der Waals surface area contributed by atoms with Crippen LogP contribution in [0.25, 0.3) is 0 Å². The molecule has 8 nitrogen and oxygen atoms in total. The first-order valence-corrected chi connectivity index (χ1v) is 7.61. The molecule has 1 amide bonds. The topological polar surface area (TPSA) is 99.0 Å². The number of carboxylic acid groups (broad SMARTS) is 1. The maximum absolute atomic E-state index is 11.5. The lowest BCUT2D eigenvalue weighted by Gasteiger charge is -2.40. The molecule has 1 aromatic rings. The third-order valence-electron chi connectivity index (χ3n) is 4.48. The minimum atomic E-state index is -0.882. The van der Waals surface area contributed by atoms with Crippen LogP contribution < -0.4 is 5.56 Å². The summed E-state index contributed by atoms with van der Waals surface area (Å²) in [6.07, 6.45) is 0.462. The van der Waals surface area contributed by atoms with E-state index in [1.165, 1.54) is 11.0 Å². The monoisotopic (exact) mass is 311 g/mol. The van der Waals surface area contributed by atoms with Gasteiger partial charge in [-0.05, 0) is 12.8 Å². The first-order chi connectivity index (χ1) is 10.6. The fourth-order valence-electron chi connectivity index (χ4n) is 3.31. The molecule has 3 rings (SSSR count). The molecule has 0 radical (unpaired) electrons. The van der Waals surface area contributed by atoms with Crippen molar-refractivity contribution in [3.63, 3.8) is 0 Å². The van der Waals surface area contributed by atoms with Crippen molar-refractivity contribution in [3.05, 3.63) is 22.2 Å². The smallest absolute Gasteiger partial charge is 0.407 e. The summed E-state index contributed by atoms with van der Waals surface area (Å²) in [5, 5.41) is 11.7. The van der Waals surface area contributed by atoms with Gasteiger partial charge in [-0.2, -0.15) is 5.16 Å². The highest BCUT2D eigenvalue weighted by Crippen LogP contribution is 2.31. The zero-order valence-corrected chi connectivity index (χ0v) is 12.4. The Morgan fingerprint density at radius 3 is 2.77 bits per heavy atom. The Kier molecular flexibility index (Phi) is 4.49. The molecule has 2 N–H and O–H groups in total. The van der Waals surface area contributed by atoms with Crippen LogP contribution in [-0.2, 0) is 4.74 Å². The minimum absolute atomic E-state index is 0.0839. The second-order valence-electron chi connectivity index (χ2n) is 5.88. The molecule has 2 fully saturated rings. The summed E-state index contributed by atoms with van der Waals surface area (Å²) in [6.45, 7) is 4.19. The Hall–Kier alpha value is -1.80. The number of morpholine rings is 1. The second-order valence-corrected chi connectivity index (χ2v) is 5.88. The SMILES string of the molecule is O=C(O)N1CCC(c2cc(=O)[nH]o2)CC1CN1CCOCC1. The summed E-state index contributed by atoms with van der Waals surface area (Å²) in [4.78, 5) is 26.4. The van der Waals surface area contributed by atoms with Crippen LogP contribution in [0, 0.1) is 0 Å². The number of rotatable bonds is 3. The van der Waals surface area contributed by atoms with E-state index in [2.05, 4.69) is 10.1 Å². The van der Waals surface area contributed by atoms with Gasteiger partial charge in [0.25, 0.3) is 5.56 Å². The first kappa shape index (κ1) is 15.1. The average molecular weight is 311 g/mol. The molecule has 0 aromatic carbocycles. The molecular formula is C14H21N3O5. The number of hydrogen-bond acceptors (Lipinski definition) is 5. The minimum Gasteiger partial charge on any atom is -0.465 e. The van der Waals surface area contributed by atoms with Crippen molar-refractivity contribution in [1.82, 2.24) is 15.0 Å². The van der Waals surface area contributed by atoms with Gasteiger partial charge >= 0.3 is 6.09 Å². The molecule has 122 valence electrons. The van der Waals surface area contributed by atoms with Crippen LogP contribution >= 0.6 is 0 Å². The average Bonchev–Trinajstić information content (AvgIpc) is 2.94. The molecular weight excluding hydrogens is 290 g/mol. The number of aromatic amines is 1. The number of hydrogen-bond donors (Lipinski definition) is 2. The van der Waals surface area contributed by atoms with Gasteiger partial charge in [-0.25, -0.2) is 4.79 Å². The van der Waals surface area contributed by atoms with E-state index in [0.717, 1.165) is 13.1 Å². The van der Waals surface area contributed by atoms with Crippen LogP contribution in [0.3, 0.4) is 0 Å². The fourth-order valence-corrected chi connectivity index (χ4v) is 3.31. The second kappa shape index (κ2) is 6.53. The Labute approximate surface area is 127 Å². The highest BCUT2D eigenvalue weighted by atomic mass is 16.5. The fraction of sp³-hybridized carbons (Fsp3) is 0.714. The molecule has 22 heavy (non-hydrogen) atoms. The Bertz CT molecular complexity index is 563. The molecule has 2 saturated heterocycles. The molecule has 0 aliphatic carbocycles. The van der Waals surface area contributed by atoms with E-state index in [-0.39, 0.29) is 17.5 Å². The zero-order chi connectivity index (χ0) is 15.5. The Morgan fingerprint density at radius 2 is 2.14 bits per heavy atom. The molecule has 8 heteroatoms. The predicted octanol–water partition coefficient (Wildman–Crippen LogP) is 0.526. The van der Waals surface area contributed by atoms with Crippen molar-refractivity contribution in [3.8, 4) is 0 Å². The summed E-state index contributed by atoms with van der Waals surface area (Å²) in [5.74, 6) is 0.711. The van der Waals surface area contributed by atoms with Crippen molar-refractivity contribution < 1.29 is 19.2 Å². The predicted molar refractivity (Wildman–Crippen MR) is 77.1 cm³/mol. The lowest BCUT2D eigenvalue weighted by Crippen LogP contribution is -2.52. The van der Waals surface area contributed by atoms with E-state index in [0.29, 0.717) is 44.9 Å². The third-order valence-corrected chi connectivity index (χ3v) is 4.48. The van der Waals surface area contributed by atoms with E-state index in [9.17, 15) is 14.7 Å². The van der Waals surface area contributed by atoms with Gasteiger partial charge in [0.15, 0.2) is 0 Å². The van der Waals surface area contributed by atoms with Crippen molar-refractivity contribution in [2.75, 3.05) is 39.4 Å². The van der Waals surface area contributed by atoms with E-state index in [1.54, 1.807) is 0 Å². The Balaban J connectivity index is 1.69. The first-order valence-electron chi connectivity index (χ1n) is 7.61. The molecule has 2 unspecified atom stereocenters. The number of H-pyrrole nitrogens is 1. The molecule has 0 spiro atoms. The molecule has 1 aromatic heterocycles. The lowest BCUT2D eigenvalue weighted by atomic mass is 9.88. The highest BCUT2D eigenvalue weighted by molar-refractivity contribution is 5.65. The quantitative estimate of drug-likeness (QED) is 0.844. The molecule has 3 heterocycles. The van der Waals surface area contributed by atoms with Crippen molar-refractivity contribution >= 4 is 6.09 Å². The molecule has 0 bridgehead atoms. The number of likely N-dealkylation sites (tertiary alicyclic amines) is 1. The summed E-state index contributed by atoms with van der Waals surface area (Å²) in [5.41, 5.74) is -0.250. The van der Waals surface area contributed by atoms with E-state index in [4.69, 9.17) is 9.26 Å². The molecule has 2 atom stereocenters. The standard InChI is InChI=1S/C14H21N3O5/c18-13-8-12(22-15-13)10-1-2-17(14(19)20)11(7-10)9-16-3-5-21-6-4-16/h8,10-11H,1-7,9H2,(H,15,18)(H,19,20). The summed E-state index contributed by atoms with van der Waals surface area (Å²) >= 11 is 0. The van der Waals surface area contributed by atoms with Crippen LogP contribution in [0.1, 0.15) is 24.5 Å². The van der Waals surface area contributed by atoms with E-state index >= 15 is 0 Å². The number of piperidine rings is 1. The summed E-state index contributed by atoms with van der Waals surface area (Å²) in [7, 11) is 0. The van der Waals surface area contributed by atoms with Gasteiger partial charge in [-0.15, -0.1) is 0 Å². The number of ether oxygens (including phenoxy) is 1. The van der Waals surface area contributed by atoms with Crippen LogP contribution in [0.4, 0.5) is 4.79 Å². The van der Waals surface area contributed by atoms with Crippen molar-refractivity contribution in [2.45, 2.75) is 24.8 Å². The maximum atomic E-state index is 11.5. The largest absolute Gasteiger partial charge is 0.465 e. The number of nitrogens with zero attached hydrogens (tertiary/aromatic N) is 2. The maximum Gasteiger partial charge on any atom is 0.407 e. The van der Waals surface area contributed by atoms with E-state index in [1.807, 2.05) is 0 Å². The number of amides is 1. The molecule has 2 aliphatic heterocycles. The van der Waals surface area contributed by atoms with Gasteiger partial charge in [0.2, 0.25) is 0 Å². The van der Waals surface area contributed by atoms with Gasteiger partial charge in [0, 0.05) is 44.2 Å². The number of nitrogens with one attached hydrogen (secondary N) is 1. The van der Waals surface area contributed by atoms with Gasteiger partial charge in [-0.1, -0.05) is 0 Å². The van der Waals surface area contributed by atoms with Crippen LogP contribution in [0.15, 0.2) is 15.4 Å². The number of aromatic nitrogens is 1. The summed E-state index contributed by atoms with van der Waals surface area (Å²) < 4.78 is 10.5. The van der Waals surface area contributed by atoms with Crippen LogP contribution in [0.2, 0.25) is 0 Å². The third kappa shape index (κ3) is 3.33. The molecule has 2 aliphatic rings. The van der Waals surface area contributed by atoms with Crippen molar-refractivity contribution in [1.29, 1.82) is 0 Å². The number of carbonyl (C=O) groups is 1.